The Morgan fingerprint density at radius 3 is 2.58 bits per heavy atom. The van der Waals surface area contributed by atoms with Crippen LogP contribution in [0.25, 0.3) is 0 Å². The van der Waals surface area contributed by atoms with E-state index in [-0.39, 0.29) is 24.8 Å². The van der Waals surface area contributed by atoms with Gasteiger partial charge < -0.3 is 14.9 Å². The van der Waals surface area contributed by atoms with Gasteiger partial charge in [-0.1, -0.05) is 25.9 Å². The molecule has 0 radical (unpaired) electrons. The number of hydrogen-bond donors (Lipinski definition) is 2. The summed E-state index contributed by atoms with van der Waals surface area (Å²) in [6.07, 6.45) is 0.555. The van der Waals surface area contributed by atoms with E-state index in [0.29, 0.717) is 18.1 Å². The second-order valence-corrected chi connectivity index (χ2v) is 4.74. The van der Waals surface area contributed by atoms with Gasteiger partial charge in [0.1, 0.15) is 0 Å². The second-order valence-electron chi connectivity index (χ2n) is 4.74. The molecule has 106 valence electrons. The van der Waals surface area contributed by atoms with E-state index in [1.807, 2.05) is 13.8 Å². The Bertz CT molecular complexity index is 442. The number of carboxylic acid groups (broad SMARTS) is 1. The van der Waals surface area contributed by atoms with Gasteiger partial charge in [0, 0.05) is 25.3 Å². The minimum Gasteiger partial charge on any atom is -0.481 e. The Morgan fingerprint density at radius 2 is 2.05 bits per heavy atom. The maximum absolute atomic E-state index is 11.5. The Labute approximate surface area is 111 Å². The maximum atomic E-state index is 11.5. The molecule has 0 aliphatic heterocycles. The van der Waals surface area contributed by atoms with E-state index in [1.54, 1.807) is 0 Å². The number of hydrogen-bond acceptors (Lipinski definition) is 5. The Morgan fingerprint density at radius 1 is 1.37 bits per heavy atom. The molecule has 0 unspecified atom stereocenters. The summed E-state index contributed by atoms with van der Waals surface area (Å²) in [5, 5.41) is 15.0. The summed E-state index contributed by atoms with van der Waals surface area (Å²) < 4.78 is 5.00. The molecule has 1 aromatic heterocycles. The number of carbonyl (C=O) groups excluding carboxylic acids is 1. The summed E-state index contributed by atoms with van der Waals surface area (Å²) in [5.41, 5.74) is 0. The topological polar surface area (TPSA) is 105 Å². The van der Waals surface area contributed by atoms with E-state index in [0.717, 1.165) is 0 Å². The monoisotopic (exact) mass is 269 g/mol. The van der Waals surface area contributed by atoms with Gasteiger partial charge >= 0.3 is 5.97 Å². The van der Waals surface area contributed by atoms with Crippen LogP contribution in [0.15, 0.2) is 4.52 Å². The maximum Gasteiger partial charge on any atom is 0.308 e. The van der Waals surface area contributed by atoms with Crippen LogP contribution in [0.1, 0.15) is 44.8 Å². The lowest BCUT2D eigenvalue weighted by atomic mass is 10.2. The van der Waals surface area contributed by atoms with Crippen LogP contribution < -0.4 is 5.32 Å². The van der Waals surface area contributed by atoms with Crippen LogP contribution in [0, 0.1) is 5.92 Å². The van der Waals surface area contributed by atoms with Gasteiger partial charge in [0.2, 0.25) is 11.8 Å². The van der Waals surface area contributed by atoms with E-state index >= 15 is 0 Å². The highest BCUT2D eigenvalue weighted by molar-refractivity contribution is 5.77. The second kappa shape index (κ2) is 6.86. The van der Waals surface area contributed by atoms with Gasteiger partial charge in [-0.05, 0) is 0 Å². The van der Waals surface area contributed by atoms with Crippen LogP contribution >= 0.6 is 0 Å². The normalized spacial score (nSPS) is 12.4. The van der Waals surface area contributed by atoms with Gasteiger partial charge in [0.05, 0.1) is 5.92 Å². The third-order valence-corrected chi connectivity index (χ3v) is 2.59. The number of carbonyl (C=O) groups is 2. The molecule has 7 nitrogen and oxygen atoms in total. The van der Waals surface area contributed by atoms with Crippen molar-refractivity contribution in [1.82, 2.24) is 15.5 Å². The fraction of sp³-hybridized carbons (Fsp3) is 0.667. The van der Waals surface area contributed by atoms with Crippen LogP contribution in [0.4, 0.5) is 0 Å². The first-order valence-electron chi connectivity index (χ1n) is 6.22. The fourth-order valence-electron chi connectivity index (χ4n) is 1.27. The average molecular weight is 269 g/mol. The number of aliphatic carboxylic acids is 1. The van der Waals surface area contributed by atoms with Crippen LogP contribution in [0.5, 0.6) is 0 Å². The van der Waals surface area contributed by atoms with Crippen molar-refractivity contribution in [2.75, 3.05) is 6.54 Å². The first-order valence-corrected chi connectivity index (χ1v) is 6.22. The van der Waals surface area contributed by atoms with Crippen molar-refractivity contribution >= 4 is 11.9 Å². The van der Waals surface area contributed by atoms with E-state index in [9.17, 15) is 9.59 Å². The number of aromatic nitrogens is 2. The summed E-state index contributed by atoms with van der Waals surface area (Å²) in [5.74, 6) is -0.529. The molecule has 1 amide bonds. The van der Waals surface area contributed by atoms with E-state index in [4.69, 9.17) is 9.63 Å². The van der Waals surface area contributed by atoms with Gasteiger partial charge in [-0.25, -0.2) is 0 Å². The number of nitrogens with zero attached hydrogens (tertiary/aromatic N) is 2. The molecule has 1 aromatic rings. The summed E-state index contributed by atoms with van der Waals surface area (Å²) in [6.45, 7) is 5.56. The lowest BCUT2D eigenvalue weighted by Gasteiger charge is -2.07. The lowest BCUT2D eigenvalue weighted by molar-refractivity contribution is -0.141. The first-order chi connectivity index (χ1) is 8.90. The summed E-state index contributed by atoms with van der Waals surface area (Å²) in [4.78, 5) is 26.2. The van der Waals surface area contributed by atoms with Crippen LogP contribution in [0.3, 0.4) is 0 Å². The van der Waals surface area contributed by atoms with Crippen molar-refractivity contribution in [3.8, 4) is 0 Å². The molecule has 0 fully saturated rings. The predicted octanol–water partition coefficient (Wildman–Crippen LogP) is 0.963. The number of carboxylic acids is 1. The van der Waals surface area contributed by atoms with Crippen molar-refractivity contribution < 1.29 is 19.2 Å². The Balaban J connectivity index is 2.31. The molecule has 0 saturated carbocycles. The zero-order valence-corrected chi connectivity index (χ0v) is 11.3. The molecule has 2 N–H and O–H groups in total. The first kappa shape index (κ1) is 15.1. The van der Waals surface area contributed by atoms with Gasteiger partial charge in [0.15, 0.2) is 5.82 Å². The van der Waals surface area contributed by atoms with Gasteiger partial charge in [-0.3, -0.25) is 9.59 Å². The molecule has 0 aliphatic rings. The molecule has 0 aromatic carbocycles. The zero-order valence-electron chi connectivity index (χ0n) is 11.3. The van der Waals surface area contributed by atoms with Crippen LogP contribution in [-0.4, -0.2) is 33.7 Å². The van der Waals surface area contributed by atoms with Gasteiger partial charge in [0.25, 0.3) is 0 Å². The molecule has 0 aliphatic carbocycles. The molecule has 7 heteroatoms. The third kappa shape index (κ3) is 5.07. The summed E-state index contributed by atoms with van der Waals surface area (Å²) in [6, 6.07) is 0. The molecular weight excluding hydrogens is 250 g/mol. The minimum absolute atomic E-state index is 0.120. The standard InChI is InChI=1S/C12H19N3O4/c1-7(2)11-14-10(19-15-11)5-4-9(16)13-6-8(3)12(17)18/h7-8H,4-6H2,1-3H3,(H,13,16)(H,17,18)/t8-/m1/s1. The van der Waals surface area contributed by atoms with Crippen LogP contribution in [-0.2, 0) is 16.0 Å². The summed E-state index contributed by atoms with van der Waals surface area (Å²) >= 11 is 0. The lowest BCUT2D eigenvalue weighted by Crippen LogP contribution is -2.31. The summed E-state index contributed by atoms with van der Waals surface area (Å²) in [7, 11) is 0. The average Bonchev–Trinajstić information content (AvgIpc) is 2.82. The van der Waals surface area contributed by atoms with E-state index < -0.39 is 11.9 Å². The number of amides is 1. The van der Waals surface area contributed by atoms with Crippen molar-refractivity contribution in [3.05, 3.63) is 11.7 Å². The number of nitrogens with one attached hydrogen (secondary N) is 1. The fourth-order valence-corrected chi connectivity index (χ4v) is 1.27. The SMILES string of the molecule is CC(C)c1noc(CCC(=O)NC[C@@H](C)C(=O)O)n1. The molecule has 1 heterocycles. The molecule has 0 bridgehead atoms. The quantitative estimate of drug-likeness (QED) is 0.763. The van der Waals surface area contributed by atoms with Crippen molar-refractivity contribution in [2.45, 2.75) is 39.5 Å². The van der Waals surface area contributed by atoms with Crippen molar-refractivity contribution in [3.63, 3.8) is 0 Å². The zero-order chi connectivity index (χ0) is 14.4. The van der Waals surface area contributed by atoms with Crippen LogP contribution in [0.2, 0.25) is 0 Å². The minimum atomic E-state index is -0.932. The largest absolute Gasteiger partial charge is 0.481 e. The molecule has 1 atom stereocenters. The highest BCUT2D eigenvalue weighted by Gasteiger charge is 2.14. The van der Waals surface area contributed by atoms with E-state index in [1.165, 1.54) is 6.92 Å². The Kier molecular flexibility index (Phi) is 5.47. The van der Waals surface area contributed by atoms with E-state index in [2.05, 4.69) is 15.5 Å². The highest BCUT2D eigenvalue weighted by atomic mass is 16.5. The van der Waals surface area contributed by atoms with Gasteiger partial charge in [-0.15, -0.1) is 0 Å². The highest BCUT2D eigenvalue weighted by Crippen LogP contribution is 2.10. The molecular formula is C12H19N3O4. The molecule has 19 heavy (non-hydrogen) atoms. The molecule has 1 rings (SSSR count). The predicted molar refractivity (Wildman–Crippen MR) is 66.5 cm³/mol. The van der Waals surface area contributed by atoms with Crippen molar-refractivity contribution in [2.24, 2.45) is 5.92 Å². The number of rotatable bonds is 7. The number of aryl methyl sites for hydroxylation is 1. The van der Waals surface area contributed by atoms with Crippen molar-refractivity contribution in [1.29, 1.82) is 0 Å². The molecule has 0 spiro atoms. The van der Waals surface area contributed by atoms with Gasteiger partial charge in [-0.2, -0.15) is 4.98 Å². The smallest absolute Gasteiger partial charge is 0.308 e. The Hall–Kier alpha value is -1.92. The third-order valence-electron chi connectivity index (χ3n) is 2.59. The molecule has 0 saturated heterocycles.